The van der Waals surface area contributed by atoms with Crippen LogP contribution in [0.1, 0.15) is 25.2 Å². The third-order valence-corrected chi connectivity index (χ3v) is 4.79. The molecule has 0 saturated carbocycles. The lowest BCUT2D eigenvalue weighted by molar-refractivity contribution is 0.350. The van der Waals surface area contributed by atoms with E-state index in [0.717, 1.165) is 0 Å². The molecular formula is C23H25N9O2. The average molecular weight is 460 g/mol. The van der Waals surface area contributed by atoms with E-state index in [4.69, 9.17) is 16.2 Å². The van der Waals surface area contributed by atoms with Gasteiger partial charge in [0.1, 0.15) is 41.6 Å². The molecule has 3 aromatic rings. The Morgan fingerprint density at radius 3 is 2.85 bits per heavy atom. The van der Waals surface area contributed by atoms with Gasteiger partial charge in [-0.15, -0.1) is 0 Å². The lowest BCUT2D eigenvalue weighted by Crippen LogP contribution is -2.28. The summed E-state index contributed by atoms with van der Waals surface area (Å²) in [6, 6.07) is 0. The molecule has 3 aromatic heterocycles. The molecule has 0 aliphatic rings. The molecule has 0 aliphatic heterocycles. The Morgan fingerprint density at radius 1 is 1.41 bits per heavy atom. The molecule has 34 heavy (non-hydrogen) atoms. The van der Waals surface area contributed by atoms with Crippen LogP contribution in [0.25, 0.3) is 16.7 Å². The van der Waals surface area contributed by atoms with Gasteiger partial charge in [-0.3, -0.25) is 19.5 Å². The zero-order valence-electron chi connectivity index (χ0n) is 19.1. The van der Waals surface area contributed by atoms with Crippen LogP contribution in [0.3, 0.4) is 0 Å². The first-order valence-corrected chi connectivity index (χ1v) is 10.3. The van der Waals surface area contributed by atoms with E-state index in [2.05, 4.69) is 43.8 Å². The fraction of sp³-hybridized carbons (Fsp3) is 0.217. The first kappa shape index (κ1) is 24.1. The Morgan fingerprint density at radius 2 is 2.18 bits per heavy atom. The number of allylic oxidation sites excluding steroid dienone is 5. The number of aromatic nitrogens is 6. The van der Waals surface area contributed by atoms with Gasteiger partial charge in [0, 0.05) is 7.05 Å². The van der Waals surface area contributed by atoms with Gasteiger partial charge in [0.15, 0.2) is 5.52 Å². The van der Waals surface area contributed by atoms with Crippen molar-refractivity contribution >= 4 is 34.1 Å². The second-order valence-corrected chi connectivity index (χ2v) is 7.20. The quantitative estimate of drug-likeness (QED) is 0.235. The Bertz CT molecular complexity index is 1450. The van der Waals surface area contributed by atoms with E-state index in [9.17, 15) is 4.79 Å². The minimum Gasteiger partial charge on any atom is -0.384 e. The second kappa shape index (κ2) is 10.4. The summed E-state index contributed by atoms with van der Waals surface area (Å²) in [5, 5.41) is 24.4. The van der Waals surface area contributed by atoms with Gasteiger partial charge in [0.25, 0.3) is 5.56 Å². The number of rotatable bonds is 7. The largest absolute Gasteiger partial charge is 0.384 e. The van der Waals surface area contributed by atoms with Gasteiger partial charge < -0.3 is 16.2 Å². The lowest BCUT2D eigenvalue weighted by Gasteiger charge is -2.17. The van der Waals surface area contributed by atoms with Gasteiger partial charge >= 0.3 is 0 Å². The molecule has 3 heterocycles. The summed E-state index contributed by atoms with van der Waals surface area (Å²) < 4.78 is 2.95. The van der Waals surface area contributed by atoms with Crippen molar-refractivity contribution in [2.45, 2.75) is 20.4 Å². The summed E-state index contributed by atoms with van der Waals surface area (Å²) in [4.78, 5) is 26.3. The first-order chi connectivity index (χ1) is 16.3. The summed E-state index contributed by atoms with van der Waals surface area (Å²) in [7, 11) is 1.68. The predicted molar refractivity (Wildman–Crippen MR) is 132 cm³/mol. The summed E-state index contributed by atoms with van der Waals surface area (Å²) in [6.45, 7) is 7.35. The number of fused-ring (bicyclic) bond motifs is 1. The van der Waals surface area contributed by atoms with Crippen molar-refractivity contribution in [1.82, 2.24) is 29.3 Å². The highest BCUT2D eigenvalue weighted by atomic mass is 16.2. The maximum atomic E-state index is 13.5. The maximum Gasteiger partial charge on any atom is 0.284 e. The third kappa shape index (κ3) is 4.77. The number of anilines is 2. The molecule has 174 valence electrons. The molecule has 0 fully saturated rings. The predicted octanol–water partition coefficient (Wildman–Crippen LogP) is 1.47. The molecule has 5 N–H and O–H groups in total. The molecule has 11 nitrogen and oxygen atoms in total. The van der Waals surface area contributed by atoms with E-state index in [1.54, 1.807) is 20.0 Å². The van der Waals surface area contributed by atoms with Crippen molar-refractivity contribution in [3.8, 4) is 11.8 Å². The van der Waals surface area contributed by atoms with Crippen LogP contribution in [-0.4, -0.2) is 46.7 Å². The van der Waals surface area contributed by atoms with Crippen LogP contribution < -0.4 is 16.6 Å². The van der Waals surface area contributed by atoms with Gasteiger partial charge in [-0.25, -0.2) is 15.0 Å². The number of aryl methyl sites for hydroxylation is 1. The lowest BCUT2D eigenvalue weighted by atomic mass is 10.1. The first-order valence-electron chi connectivity index (χ1n) is 10.3. The Hall–Kier alpha value is -4.56. The number of nitrogens with two attached hydrogens (primary N) is 1. The van der Waals surface area contributed by atoms with E-state index in [1.165, 1.54) is 21.8 Å². The standard InChI is InChI=1S/C23H25N9O2/c1-5-6-9-17(14(2)3)32-18(30-16-11-29-31(4)20(16)23(32)34)12-26-22-19(15(24)8-7-10-33)21(25)27-13-28-22/h5-6,9,11,13,24,33H,2,10,12H2,1,3-4H3,(H3,25,26,27,28)/b6-5-,17-9+,24-15?. The highest BCUT2D eigenvalue weighted by Crippen LogP contribution is 2.21. The van der Waals surface area contributed by atoms with Crippen LogP contribution in [0.5, 0.6) is 0 Å². The topological polar surface area (TPSA) is 161 Å². The van der Waals surface area contributed by atoms with Crippen LogP contribution in [-0.2, 0) is 13.6 Å². The van der Waals surface area contributed by atoms with Gasteiger partial charge in [0.05, 0.1) is 24.0 Å². The number of nitrogen functional groups attached to an aromatic ring is 1. The van der Waals surface area contributed by atoms with E-state index >= 15 is 0 Å². The van der Waals surface area contributed by atoms with Crippen LogP contribution >= 0.6 is 0 Å². The minimum atomic E-state index is -0.401. The number of hydrogen-bond acceptors (Lipinski definition) is 9. The second-order valence-electron chi connectivity index (χ2n) is 7.20. The fourth-order valence-corrected chi connectivity index (χ4v) is 3.26. The number of aliphatic hydroxyl groups excluding tert-OH is 1. The van der Waals surface area contributed by atoms with Gasteiger partial charge in [-0.05, 0) is 31.4 Å². The Labute approximate surface area is 195 Å². The van der Waals surface area contributed by atoms with Crippen LogP contribution in [0, 0.1) is 17.3 Å². The molecule has 0 amide bonds. The molecule has 0 atom stereocenters. The smallest absolute Gasteiger partial charge is 0.284 e. The van der Waals surface area contributed by atoms with Crippen LogP contribution in [0.4, 0.5) is 11.6 Å². The molecule has 3 rings (SSSR count). The average Bonchev–Trinajstić information content (AvgIpc) is 3.18. The van der Waals surface area contributed by atoms with Crippen molar-refractivity contribution in [2.24, 2.45) is 7.05 Å². The maximum absolute atomic E-state index is 13.5. The van der Waals surface area contributed by atoms with Gasteiger partial charge in [0.2, 0.25) is 0 Å². The molecule has 0 aliphatic carbocycles. The minimum absolute atomic E-state index is 0.0541. The van der Waals surface area contributed by atoms with E-state index < -0.39 is 6.61 Å². The third-order valence-electron chi connectivity index (χ3n) is 4.79. The highest BCUT2D eigenvalue weighted by molar-refractivity contribution is 6.16. The number of hydrogen-bond donors (Lipinski definition) is 4. The van der Waals surface area contributed by atoms with E-state index in [1.807, 2.05) is 19.1 Å². The molecule has 0 spiro atoms. The number of aliphatic hydroxyl groups is 1. The zero-order valence-corrected chi connectivity index (χ0v) is 19.1. The van der Waals surface area contributed by atoms with Gasteiger partial charge in [-0.2, -0.15) is 5.10 Å². The summed E-state index contributed by atoms with van der Waals surface area (Å²) in [6.07, 6.45) is 8.21. The Balaban J connectivity index is 2.15. The molecule has 11 heteroatoms. The van der Waals surface area contributed by atoms with Crippen LogP contribution in [0.15, 0.2) is 47.7 Å². The van der Waals surface area contributed by atoms with Crippen molar-refractivity contribution in [3.05, 3.63) is 64.6 Å². The molecule has 0 bridgehead atoms. The SMILES string of the molecule is C=C(C)/C(=C\C=C/C)n1c(CNc2ncnc(N)c2C(=N)C#CCO)nc2cnn(C)c2c1=O. The summed E-state index contributed by atoms with van der Waals surface area (Å²) >= 11 is 0. The number of nitrogens with zero attached hydrogens (tertiary/aromatic N) is 6. The van der Waals surface area contributed by atoms with E-state index in [-0.39, 0.29) is 35.0 Å². The van der Waals surface area contributed by atoms with Crippen molar-refractivity contribution in [3.63, 3.8) is 0 Å². The summed E-state index contributed by atoms with van der Waals surface area (Å²) in [5.41, 5.74) is 7.72. The van der Waals surface area contributed by atoms with Crippen molar-refractivity contribution in [2.75, 3.05) is 17.7 Å². The molecule has 0 radical (unpaired) electrons. The van der Waals surface area contributed by atoms with Crippen molar-refractivity contribution in [1.29, 1.82) is 5.41 Å². The highest BCUT2D eigenvalue weighted by Gasteiger charge is 2.19. The fourth-order valence-electron chi connectivity index (χ4n) is 3.26. The van der Waals surface area contributed by atoms with Gasteiger partial charge in [-0.1, -0.05) is 24.7 Å². The van der Waals surface area contributed by atoms with Crippen LogP contribution in [0.2, 0.25) is 0 Å². The van der Waals surface area contributed by atoms with E-state index in [0.29, 0.717) is 28.1 Å². The Kier molecular flexibility index (Phi) is 7.35. The monoisotopic (exact) mass is 459 g/mol. The zero-order chi connectivity index (χ0) is 24.8. The normalized spacial score (nSPS) is 11.5. The number of nitrogens with one attached hydrogen (secondary N) is 2. The molecule has 0 saturated heterocycles. The molecule has 0 aromatic carbocycles. The molecule has 0 unspecified atom stereocenters. The molecular weight excluding hydrogens is 434 g/mol. The summed E-state index contributed by atoms with van der Waals surface area (Å²) in [5.74, 6) is 5.59. The van der Waals surface area contributed by atoms with Crippen molar-refractivity contribution < 1.29 is 5.11 Å².